The topological polar surface area (TPSA) is 58.6 Å². The fourth-order valence-electron chi connectivity index (χ4n) is 2.38. The molecule has 2 aromatic carbocycles. The number of benzene rings is 2. The SMILES string of the molecule is CC(F)(F)C(O)C(Cc1ccccc1)NC(=O)OCc1ccccc1. The van der Waals surface area contributed by atoms with Crippen molar-refractivity contribution >= 4 is 6.09 Å². The summed E-state index contributed by atoms with van der Waals surface area (Å²) in [6, 6.07) is 16.6. The zero-order valence-corrected chi connectivity index (χ0v) is 13.9. The fraction of sp³-hybridized carbons (Fsp3) is 0.316. The number of halogens is 2. The molecule has 0 saturated carbocycles. The number of hydrogen-bond donors (Lipinski definition) is 2. The normalized spacial score (nSPS) is 13.8. The molecule has 1 amide bonds. The Morgan fingerprint density at radius 3 is 2.12 bits per heavy atom. The molecule has 0 bridgehead atoms. The molecule has 6 heteroatoms. The van der Waals surface area contributed by atoms with Crippen LogP contribution >= 0.6 is 0 Å². The first-order valence-electron chi connectivity index (χ1n) is 7.93. The Bertz CT molecular complexity index is 659. The Morgan fingerprint density at radius 2 is 1.60 bits per heavy atom. The minimum absolute atomic E-state index is 0.0172. The smallest absolute Gasteiger partial charge is 0.407 e. The second-order valence-electron chi connectivity index (χ2n) is 5.90. The number of alkyl halides is 2. The number of amides is 1. The van der Waals surface area contributed by atoms with Crippen LogP contribution in [0.1, 0.15) is 18.1 Å². The Hall–Kier alpha value is -2.47. The summed E-state index contributed by atoms with van der Waals surface area (Å²) in [4.78, 5) is 12.0. The first-order valence-corrected chi connectivity index (χ1v) is 7.93. The predicted octanol–water partition coefficient (Wildman–Crippen LogP) is 3.54. The highest BCUT2D eigenvalue weighted by atomic mass is 19.3. The number of aliphatic hydroxyl groups excluding tert-OH is 1. The van der Waals surface area contributed by atoms with E-state index in [-0.39, 0.29) is 13.0 Å². The Balaban J connectivity index is 2.00. The van der Waals surface area contributed by atoms with Crippen molar-refractivity contribution in [1.82, 2.24) is 5.32 Å². The van der Waals surface area contributed by atoms with Crippen molar-refractivity contribution in [3.8, 4) is 0 Å². The molecule has 0 fully saturated rings. The maximum Gasteiger partial charge on any atom is 0.407 e. The number of carbonyl (C=O) groups excluding carboxylic acids is 1. The highest BCUT2D eigenvalue weighted by Gasteiger charge is 2.39. The van der Waals surface area contributed by atoms with Gasteiger partial charge in [-0.1, -0.05) is 60.7 Å². The van der Waals surface area contributed by atoms with E-state index < -0.39 is 24.2 Å². The van der Waals surface area contributed by atoms with Crippen LogP contribution in [0.5, 0.6) is 0 Å². The lowest BCUT2D eigenvalue weighted by Crippen LogP contribution is -2.51. The third-order valence-electron chi connectivity index (χ3n) is 3.71. The van der Waals surface area contributed by atoms with E-state index >= 15 is 0 Å². The number of aliphatic hydroxyl groups is 1. The third kappa shape index (κ3) is 6.15. The van der Waals surface area contributed by atoms with Crippen LogP contribution in [0, 0.1) is 0 Å². The molecular formula is C19H21F2NO3. The lowest BCUT2D eigenvalue weighted by atomic mass is 9.98. The number of hydrogen-bond acceptors (Lipinski definition) is 3. The maximum absolute atomic E-state index is 13.5. The number of carbonyl (C=O) groups is 1. The molecule has 0 heterocycles. The van der Waals surface area contributed by atoms with E-state index in [1.807, 2.05) is 6.07 Å². The number of ether oxygens (including phenoxy) is 1. The molecule has 2 N–H and O–H groups in total. The summed E-state index contributed by atoms with van der Waals surface area (Å²) in [5.41, 5.74) is 1.50. The Labute approximate surface area is 145 Å². The summed E-state index contributed by atoms with van der Waals surface area (Å²) < 4.78 is 32.1. The van der Waals surface area contributed by atoms with Gasteiger partial charge in [0, 0.05) is 6.92 Å². The minimum atomic E-state index is -3.36. The van der Waals surface area contributed by atoms with Crippen LogP contribution in [0.2, 0.25) is 0 Å². The van der Waals surface area contributed by atoms with Crippen LogP contribution in [0.15, 0.2) is 60.7 Å². The summed E-state index contributed by atoms with van der Waals surface area (Å²) in [6.07, 6.45) is -2.82. The van der Waals surface area contributed by atoms with E-state index in [9.17, 15) is 18.7 Å². The molecule has 134 valence electrons. The highest BCUT2D eigenvalue weighted by molar-refractivity contribution is 5.67. The summed E-state index contributed by atoms with van der Waals surface area (Å²) in [5.74, 6) is -3.36. The molecule has 0 aliphatic carbocycles. The number of alkyl carbamates (subject to hydrolysis) is 1. The third-order valence-corrected chi connectivity index (χ3v) is 3.71. The molecule has 2 unspecified atom stereocenters. The van der Waals surface area contributed by atoms with Gasteiger partial charge >= 0.3 is 6.09 Å². The van der Waals surface area contributed by atoms with E-state index in [4.69, 9.17) is 4.74 Å². The molecule has 2 aromatic rings. The van der Waals surface area contributed by atoms with Crippen molar-refractivity contribution in [3.63, 3.8) is 0 Å². The van der Waals surface area contributed by atoms with Crippen LogP contribution < -0.4 is 5.32 Å². The van der Waals surface area contributed by atoms with Gasteiger partial charge in [0.15, 0.2) is 0 Å². The lowest BCUT2D eigenvalue weighted by molar-refractivity contribution is -0.107. The van der Waals surface area contributed by atoms with Crippen molar-refractivity contribution < 1.29 is 23.4 Å². The van der Waals surface area contributed by atoms with Crippen LogP contribution in [-0.2, 0) is 17.8 Å². The average molecular weight is 349 g/mol. The van der Waals surface area contributed by atoms with Crippen molar-refractivity contribution in [3.05, 3.63) is 71.8 Å². The first-order chi connectivity index (χ1) is 11.9. The van der Waals surface area contributed by atoms with Gasteiger partial charge in [0.25, 0.3) is 5.92 Å². The molecule has 25 heavy (non-hydrogen) atoms. The molecule has 2 rings (SSSR count). The molecule has 4 nitrogen and oxygen atoms in total. The number of rotatable bonds is 7. The average Bonchev–Trinajstić information content (AvgIpc) is 2.60. The largest absolute Gasteiger partial charge is 0.445 e. The first kappa shape index (κ1) is 18.9. The molecule has 0 aliphatic rings. The molecule has 0 saturated heterocycles. The van der Waals surface area contributed by atoms with Gasteiger partial charge in [-0.05, 0) is 17.5 Å². The van der Waals surface area contributed by atoms with Crippen LogP contribution in [0.4, 0.5) is 13.6 Å². The quantitative estimate of drug-likeness (QED) is 0.804. The number of nitrogens with one attached hydrogen (secondary N) is 1. The summed E-state index contributed by atoms with van der Waals surface area (Å²) in [7, 11) is 0. The van der Waals surface area contributed by atoms with E-state index in [1.165, 1.54) is 0 Å². The van der Waals surface area contributed by atoms with Gasteiger partial charge in [0.2, 0.25) is 0 Å². The van der Waals surface area contributed by atoms with Gasteiger partial charge in [0.1, 0.15) is 12.7 Å². The van der Waals surface area contributed by atoms with Gasteiger partial charge in [-0.2, -0.15) is 0 Å². The summed E-state index contributed by atoms with van der Waals surface area (Å²) in [5, 5.41) is 12.3. The van der Waals surface area contributed by atoms with Gasteiger partial charge in [-0.15, -0.1) is 0 Å². The molecule has 0 aliphatic heterocycles. The zero-order chi connectivity index (χ0) is 18.3. The summed E-state index contributed by atoms with van der Waals surface area (Å²) >= 11 is 0. The molecule has 0 radical (unpaired) electrons. The van der Waals surface area contributed by atoms with Gasteiger partial charge in [0.05, 0.1) is 6.04 Å². The maximum atomic E-state index is 13.5. The highest BCUT2D eigenvalue weighted by Crippen LogP contribution is 2.22. The Morgan fingerprint density at radius 1 is 1.08 bits per heavy atom. The van der Waals surface area contributed by atoms with Gasteiger partial charge in [-0.25, -0.2) is 13.6 Å². The van der Waals surface area contributed by atoms with E-state index in [1.54, 1.807) is 54.6 Å². The van der Waals surface area contributed by atoms with Crippen molar-refractivity contribution in [2.24, 2.45) is 0 Å². The fourth-order valence-corrected chi connectivity index (χ4v) is 2.38. The van der Waals surface area contributed by atoms with Crippen LogP contribution in [0.3, 0.4) is 0 Å². The van der Waals surface area contributed by atoms with E-state index in [0.717, 1.165) is 11.1 Å². The van der Waals surface area contributed by atoms with Crippen molar-refractivity contribution in [2.45, 2.75) is 38.0 Å². The molecule has 2 atom stereocenters. The second kappa shape index (κ2) is 8.58. The zero-order valence-electron chi connectivity index (χ0n) is 13.9. The standard InChI is InChI=1S/C19H21F2NO3/c1-19(20,21)17(23)16(12-14-8-4-2-5-9-14)22-18(24)25-13-15-10-6-3-7-11-15/h2-11,16-17,23H,12-13H2,1H3,(H,22,24). The monoisotopic (exact) mass is 349 g/mol. The van der Waals surface area contributed by atoms with Gasteiger partial charge < -0.3 is 15.2 Å². The van der Waals surface area contributed by atoms with Crippen molar-refractivity contribution in [1.29, 1.82) is 0 Å². The second-order valence-corrected chi connectivity index (χ2v) is 5.90. The van der Waals surface area contributed by atoms with Crippen molar-refractivity contribution in [2.75, 3.05) is 0 Å². The van der Waals surface area contributed by atoms with Crippen LogP contribution in [0.25, 0.3) is 0 Å². The van der Waals surface area contributed by atoms with Gasteiger partial charge in [-0.3, -0.25) is 0 Å². The molecule has 0 spiro atoms. The lowest BCUT2D eigenvalue weighted by Gasteiger charge is -2.28. The van der Waals surface area contributed by atoms with Crippen LogP contribution in [-0.4, -0.2) is 29.3 Å². The van der Waals surface area contributed by atoms with E-state index in [2.05, 4.69) is 5.32 Å². The van der Waals surface area contributed by atoms with E-state index in [0.29, 0.717) is 6.92 Å². The molecular weight excluding hydrogens is 328 g/mol. The predicted molar refractivity (Wildman–Crippen MR) is 90.3 cm³/mol. The summed E-state index contributed by atoms with van der Waals surface area (Å²) in [6.45, 7) is 0.635. The minimum Gasteiger partial charge on any atom is -0.445 e. The Kier molecular flexibility index (Phi) is 6.47. The molecule has 0 aromatic heterocycles.